The molecule has 0 unspecified atom stereocenters. The van der Waals surface area contributed by atoms with Crippen molar-refractivity contribution in [2.75, 3.05) is 13.1 Å². The summed E-state index contributed by atoms with van der Waals surface area (Å²) in [7, 11) is -3.56. The lowest BCUT2D eigenvalue weighted by atomic mass is 9.99. The van der Waals surface area contributed by atoms with Gasteiger partial charge in [-0.2, -0.15) is 0 Å². The van der Waals surface area contributed by atoms with Gasteiger partial charge < -0.3 is 5.11 Å². The number of carboxylic acid groups (broad SMARTS) is 1. The van der Waals surface area contributed by atoms with Crippen molar-refractivity contribution in [2.45, 2.75) is 18.6 Å². The molecular formula is C13H15Cl2NO4S. The van der Waals surface area contributed by atoms with E-state index in [4.69, 9.17) is 28.3 Å². The summed E-state index contributed by atoms with van der Waals surface area (Å²) in [5.41, 5.74) is 0.376. The van der Waals surface area contributed by atoms with Crippen molar-refractivity contribution in [2.24, 2.45) is 5.92 Å². The second kappa shape index (κ2) is 6.52. The number of sulfonamides is 1. The van der Waals surface area contributed by atoms with Crippen LogP contribution in [-0.4, -0.2) is 36.9 Å². The van der Waals surface area contributed by atoms with E-state index >= 15 is 0 Å². The quantitative estimate of drug-likeness (QED) is 0.904. The fraction of sp³-hybridized carbons (Fsp3) is 0.462. The average Bonchev–Trinajstić information content (AvgIpc) is 2.43. The molecule has 0 bridgehead atoms. The summed E-state index contributed by atoms with van der Waals surface area (Å²) < 4.78 is 26.1. The summed E-state index contributed by atoms with van der Waals surface area (Å²) in [6, 6.07) is 4.84. The van der Waals surface area contributed by atoms with Gasteiger partial charge in [-0.15, -0.1) is 0 Å². The fourth-order valence-corrected chi connectivity index (χ4v) is 4.64. The number of piperidine rings is 1. The summed E-state index contributed by atoms with van der Waals surface area (Å²) in [6.45, 7) is 0.419. The van der Waals surface area contributed by atoms with Crippen LogP contribution in [0.25, 0.3) is 0 Å². The predicted octanol–water partition coefficient (Wildman–Crippen LogP) is 2.62. The van der Waals surface area contributed by atoms with Gasteiger partial charge >= 0.3 is 5.97 Å². The van der Waals surface area contributed by atoms with E-state index in [0.29, 0.717) is 28.5 Å². The molecule has 1 saturated heterocycles. The van der Waals surface area contributed by atoms with Crippen molar-refractivity contribution in [3.8, 4) is 0 Å². The molecule has 0 spiro atoms. The summed E-state index contributed by atoms with van der Waals surface area (Å²) in [5.74, 6) is -1.62. The molecule has 1 aromatic rings. The molecule has 0 radical (unpaired) electrons. The third-order valence-corrected chi connectivity index (χ3v) is 6.10. The van der Waals surface area contributed by atoms with E-state index in [-0.39, 0.29) is 18.8 Å². The van der Waals surface area contributed by atoms with Crippen molar-refractivity contribution < 1.29 is 18.3 Å². The van der Waals surface area contributed by atoms with E-state index in [2.05, 4.69) is 0 Å². The molecule has 2 rings (SSSR count). The number of carboxylic acids is 1. The molecule has 1 heterocycles. The molecule has 0 aromatic heterocycles. The van der Waals surface area contributed by atoms with Crippen LogP contribution in [0.15, 0.2) is 18.2 Å². The van der Waals surface area contributed by atoms with E-state index in [1.54, 1.807) is 18.2 Å². The SMILES string of the molecule is O=C(O)C1CCN(S(=O)(=O)Cc2c(Cl)cccc2Cl)CC1. The third kappa shape index (κ3) is 3.88. The number of hydrogen-bond acceptors (Lipinski definition) is 3. The van der Waals surface area contributed by atoms with Crippen molar-refractivity contribution in [1.29, 1.82) is 0 Å². The first kappa shape index (κ1) is 16.5. The lowest BCUT2D eigenvalue weighted by Gasteiger charge is -2.29. The molecule has 116 valence electrons. The summed E-state index contributed by atoms with van der Waals surface area (Å²) in [5, 5.41) is 9.56. The molecule has 1 aliphatic rings. The van der Waals surface area contributed by atoms with Crippen LogP contribution in [-0.2, 0) is 20.6 Å². The molecule has 0 atom stereocenters. The molecule has 1 aliphatic heterocycles. The number of benzene rings is 1. The topological polar surface area (TPSA) is 74.7 Å². The molecule has 21 heavy (non-hydrogen) atoms. The highest BCUT2D eigenvalue weighted by atomic mass is 35.5. The van der Waals surface area contributed by atoms with Crippen LogP contribution in [0.1, 0.15) is 18.4 Å². The Hall–Kier alpha value is -0.820. The Morgan fingerprint density at radius 3 is 2.24 bits per heavy atom. The first-order valence-corrected chi connectivity index (χ1v) is 8.81. The Bertz CT molecular complexity index is 619. The molecule has 1 aromatic carbocycles. The zero-order valence-electron chi connectivity index (χ0n) is 11.1. The first-order chi connectivity index (χ1) is 9.81. The van der Waals surface area contributed by atoms with Crippen molar-refractivity contribution >= 4 is 39.2 Å². The van der Waals surface area contributed by atoms with Crippen LogP contribution in [0.4, 0.5) is 0 Å². The number of halogens is 2. The second-order valence-electron chi connectivity index (χ2n) is 4.97. The zero-order chi connectivity index (χ0) is 15.6. The van der Waals surface area contributed by atoms with Gasteiger partial charge in [0.2, 0.25) is 10.0 Å². The Kier molecular flexibility index (Phi) is 5.14. The smallest absolute Gasteiger partial charge is 0.306 e. The molecule has 5 nitrogen and oxygen atoms in total. The minimum Gasteiger partial charge on any atom is -0.481 e. The minimum absolute atomic E-state index is 0.210. The fourth-order valence-electron chi connectivity index (χ4n) is 2.32. The summed E-state index contributed by atoms with van der Waals surface area (Å²) in [4.78, 5) is 10.9. The van der Waals surface area contributed by atoms with E-state index in [0.717, 1.165) is 0 Å². The van der Waals surface area contributed by atoms with Gasteiger partial charge in [-0.25, -0.2) is 12.7 Å². The van der Waals surface area contributed by atoms with Gasteiger partial charge in [-0.1, -0.05) is 29.3 Å². The predicted molar refractivity (Wildman–Crippen MR) is 81.0 cm³/mol. The van der Waals surface area contributed by atoms with Gasteiger partial charge in [-0.3, -0.25) is 4.79 Å². The summed E-state index contributed by atoms with van der Waals surface area (Å²) >= 11 is 12.0. The largest absolute Gasteiger partial charge is 0.481 e. The highest BCUT2D eigenvalue weighted by molar-refractivity contribution is 7.88. The third-order valence-electron chi connectivity index (χ3n) is 3.58. The van der Waals surface area contributed by atoms with Crippen LogP contribution in [0.5, 0.6) is 0 Å². The van der Waals surface area contributed by atoms with Crippen LogP contribution in [0, 0.1) is 5.92 Å². The van der Waals surface area contributed by atoms with Gasteiger partial charge in [0.25, 0.3) is 0 Å². The minimum atomic E-state index is -3.56. The Balaban J connectivity index is 2.11. The maximum absolute atomic E-state index is 12.4. The Morgan fingerprint density at radius 2 is 1.76 bits per heavy atom. The van der Waals surface area contributed by atoms with Gasteiger partial charge in [0.15, 0.2) is 0 Å². The first-order valence-electron chi connectivity index (χ1n) is 6.45. The normalized spacial score (nSPS) is 17.8. The second-order valence-corrected chi connectivity index (χ2v) is 7.75. The van der Waals surface area contributed by atoms with E-state index in [1.165, 1.54) is 4.31 Å². The summed E-state index contributed by atoms with van der Waals surface area (Å²) in [6.07, 6.45) is 0.648. The molecule has 0 amide bonds. The number of hydrogen-bond donors (Lipinski definition) is 1. The Morgan fingerprint density at radius 1 is 1.24 bits per heavy atom. The Labute approximate surface area is 133 Å². The average molecular weight is 352 g/mol. The molecule has 1 N–H and O–H groups in total. The van der Waals surface area contributed by atoms with Crippen molar-refractivity contribution in [3.05, 3.63) is 33.8 Å². The highest BCUT2D eigenvalue weighted by Gasteiger charge is 2.31. The van der Waals surface area contributed by atoms with Gasteiger partial charge in [-0.05, 0) is 25.0 Å². The lowest BCUT2D eigenvalue weighted by Crippen LogP contribution is -2.40. The van der Waals surface area contributed by atoms with Crippen LogP contribution < -0.4 is 0 Å². The van der Waals surface area contributed by atoms with Crippen LogP contribution in [0.3, 0.4) is 0 Å². The van der Waals surface area contributed by atoms with Crippen molar-refractivity contribution in [3.63, 3.8) is 0 Å². The van der Waals surface area contributed by atoms with E-state index < -0.39 is 21.9 Å². The van der Waals surface area contributed by atoms with Crippen LogP contribution in [0.2, 0.25) is 10.0 Å². The van der Waals surface area contributed by atoms with E-state index in [9.17, 15) is 13.2 Å². The highest BCUT2D eigenvalue weighted by Crippen LogP contribution is 2.28. The molecule has 1 fully saturated rings. The van der Waals surface area contributed by atoms with Gasteiger partial charge in [0.1, 0.15) is 0 Å². The van der Waals surface area contributed by atoms with Crippen LogP contribution >= 0.6 is 23.2 Å². The number of nitrogens with zero attached hydrogens (tertiary/aromatic N) is 1. The van der Waals surface area contributed by atoms with Gasteiger partial charge in [0.05, 0.1) is 11.7 Å². The van der Waals surface area contributed by atoms with E-state index in [1.807, 2.05) is 0 Å². The molecule has 0 aliphatic carbocycles. The van der Waals surface area contributed by atoms with Gasteiger partial charge in [0, 0.05) is 28.7 Å². The number of rotatable bonds is 4. The zero-order valence-corrected chi connectivity index (χ0v) is 13.5. The maximum Gasteiger partial charge on any atom is 0.306 e. The standard InChI is InChI=1S/C13H15Cl2NO4S/c14-11-2-1-3-12(15)10(11)8-21(19,20)16-6-4-9(5-7-16)13(17)18/h1-3,9H,4-8H2,(H,17,18). The molecular weight excluding hydrogens is 337 g/mol. The number of aliphatic carboxylic acids is 1. The van der Waals surface area contributed by atoms with Crippen molar-refractivity contribution in [1.82, 2.24) is 4.31 Å². The monoisotopic (exact) mass is 351 g/mol. The molecule has 8 heteroatoms. The lowest BCUT2D eigenvalue weighted by molar-refractivity contribution is -0.142. The molecule has 0 saturated carbocycles. The number of carbonyl (C=O) groups is 1. The maximum atomic E-state index is 12.4.